The van der Waals surface area contributed by atoms with Gasteiger partial charge in [0.25, 0.3) is 0 Å². The molecule has 0 bridgehead atoms. The highest BCUT2D eigenvalue weighted by Gasteiger charge is 2.19. The van der Waals surface area contributed by atoms with Crippen LogP contribution in [0, 0.1) is 5.92 Å². The number of hydrogen-bond donors (Lipinski definition) is 2. The van der Waals surface area contributed by atoms with Crippen molar-refractivity contribution in [3.05, 3.63) is 11.9 Å². The highest BCUT2D eigenvalue weighted by Crippen LogP contribution is 2.27. The molecule has 1 aliphatic rings. The van der Waals surface area contributed by atoms with Gasteiger partial charge in [0, 0.05) is 19.3 Å². The van der Waals surface area contributed by atoms with E-state index < -0.39 is 0 Å². The van der Waals surface area contributed by atoms with Gasteiger partial charge in [0.2, 0.25) is 0 Å². The van der Waals surface area contributed by atoms with E-state index in [1.165, 1.54) is 12.8 Å². The minimum Gasteiger partial charge on any atom is -0.325 e. The summed E-state index contributed by atoms with van der Waals surface area (Å²) >= 11 is 0. The average molecular weight is 195 g/mol. The lowest BCUT2D eigenvalue weighted by Crippen LogP contribution is -2.22. The molecule has 0 aromatic carbocycles. The Kier molecular flexibility index (Phi) is 3.10. The summed E-state index contributed by atoms with van der Waals surface area (Å²) < 4.78 is 1.84. The molecule has 1 fully saturated rings. The van der Waals surface area contributed by atoms with Crippen molar-refractivity contribution >= 4 is 0 Å². The molecule has 0 saturated heterocycles. The summed E-state index contributed by atoms with van der Waals surface area (Å²) in [5.41, 5.74) is 6.29. The minimum absolute atomic E-state index is 0.468. The first-order valence-corrected chi connectivity index (χ1v) is 5.18. The van der Waals surface area contributed by atoms with Crippen molar-refractivity contribution in [1.82, 2.24) is 20.3 Å². The Morgan fingerprint density at radius 2 is 2.43 bits per heavy atom. The third kappa shape index (κ3) is 2.78. The summed E-state index contributed by atoms with van der Waals surface area (Å²) in [4.78, 5) is 0. The maximum Gasteiger partial charge on any atom is 0.0962 e. The molecule has 0 amide bonds. The topological polar surface area (TPSA) is 68.8 Å². The van der Waals surface area contributed by atoms with Gasteiger partial charge in [-0.2, -0.15) is 0 Å². The van der Waals surface area contributed by atoms with E-state index in [0.29, 0.717) is 6.54 Å². The summed E-state index contributed by atoms with van der Waals surface area (Å²) in [6.45, 7) is 3.46. The molecule has 2 rings (SSSR count). The summed E-state index contributed by atoms with van der Waals surface area (Å²) in [7, 11) is 0. The first-order chi connectivity index (χ1) is 6.88. The second-order valence-corrected chi connectivity index (χ2v) is 3.82. The van der Waals surface area contributed by atoms with Crippen molar-refractivity contribution in [1.29, 1.82) is 0 Å². The molecule has 3 N–H and O–H groups in total. The van der Waals surface area contributed by atoms with Crippen molar-refractivity contribution in [3.63, 3.8) is 0 Å². The van der Waals surface area contributed by atoms with Crippen LogP contribution in [-0.2, 0) is 13.1 Å². The van der Waals surface area contributed by atoms with Crippen molar-refractivity contribution < 1.29 is 0 Å². The molecule has 0 unspecified atom stereocenters. The lowest BCUT2D eigenvalue weighted by molar-refractivity contribution is 0.530. The Balaban J connectivity index is 1.63. The molecule has 0 radical (unpaired) electrons. The van der Waals surface area contributed by atoms with Crippen LogP contribution in [-0.4, -0.2) is 28.1 Å². The lowest BCUT2D eigenvalue weighted by atomic mass is 10.4. The number of aromatic nitrogens is 3. The molecule has 78 valence electrons. The molecule has 1 aliphatic carbocycles. The molecule has 14 heavy (non-hydrogen) atoms. The molecule has 5 nitrogen and oxygen atoms in total. The maximum absolute atomic E-state index is 5.43. The van der Waals surface area contributed by atoms with Crippen LogP contribution in [0.5, 0.6) is 0 Å². The first kappa shape index (κ1) is 9.61. The van der Waals surface area contributed by atoms with Crippen LogP contribution in [0.25, 0.3) is 0 Å². The molecular formula is C9H17N5. The van der Waals surface area contributed by atoms with Crippen LogP contribution in [0.2, 0.25) is 0 Å². The fraction of sp³-hybridized carbons (Fsp3) is 0.778. The average Bonchev–Trinajstić information content (AvgIpc) is 2.91. The number of hydrogen-bond acceptors (Lipinski definition) is 4. The number of nitrogens with two attached hydrogens (primary N) is 1. The zero-order chi connectivity index (χ0) is 9.80. The molecule has 0 atom stereocenters. The zero-order valence-corrected chi connectivity index (χ0v) is 8.32. The predicted octanol–water partition coefficient (Wildman–Crippen LogP) is -0.264. The summed E-state index contributed by atoms with van der Waals surface area (Å²) in [5.74, 6) is 0.936. The highest BCUT2D eigenvalue weighted by molar-refractivity contribution is 4.90. The second kappa shape index (κ2) is 4.52. The highest BCUT2D eigenvalue weighted by atomic mass is 15.4. The van der Waals surface area contributed by atoms with E-state index in [9.17, 15) is 0 Å². The largest absolute Gasteiger partial charge is 0.325 e. The Labute approximate surface area is 83.7 Å². The molecule has 0 aliphatic heterocycles. The van der Waals surface area contributed by atoms with Gasteiger partial charge in [0.1, 0.15) is 0 Å². The van der Waals surface area contributed by atoms with Crippen LogP contribution < -0.4 is 11.1 Å². The standard InChI is InChI=1S/C9H17N5/c10-5-9-7-14(13-12-9)4-3-11-6-8-1-2-8/h7-8,11H,1-6,10H2. The Hall–Kier alpha value is -0.940. The van der Waals surface area contributed by atoms with E-state index in [1.54, 1.807) is 0 Å². The SMILES string of the molecule is NCc1cn(CCNCC2CC2)nn1. The Bertz CT molecular complexity index is 278. The van der Waals surface area contributed by atoms with Gasteiger partial charge >= 0.3 is 0 Å². The first-order valence-electron chi connectivity index (χ1n) is 5.18. The zero-order valence-electron chi connectivity index (χ0n) is 8.32. The van der Waals surface area contributed by atoms with Gasteiger partial charge in [-0.25, -0.2) is 0 Å². The molecule has 1 heterocycles. The second-order valence-electron chi connectivity index (χ2n) is 3.82. The fourth-order valence-corrected chi connectivity index (χ4v) is 1.36. The Morgan fingerprint density at radius 3 is 3.07 bits per heavy atom. The van der Waals surface area contributed by atoms with Gasteiger partial charge in [-0.1, -0.05) is 5.21 Å². The maximum atomic E-state index is 5.43. The molecule has 1 aromatic heterocycles. The van der Waals surface area contributed by atoms with Gasteiger partial charge < -0.3 is 11.1 Å². The molecule has 5 heteroatoms. The van der Waals surface area contributed by atoms with E-state index in [0.717, 1.165) is 31.2 Å². The van der Waals surface area contributed by atoms with Gasteiger partial charge in [-0.15, -0.1) is 5.10 Å². The van der Waals surface area contributed by atoms with E-state index in [2.05, 4.69) is 15.6 Å². The van der Waals surface area contributed by atoms with E-state index in [1.807, 2.05) is 10.9 Å². The van der Waals surface area contributed by atoms with Gasteiger partial charge in [-0.3, -0.25) is 4.68 Å². The smallest absolute Gasteiger partial charge is 0.0962 e. The number of nitrogens with zero attached hydrogens (tertiary/aromatic N) is 3. The Morgan fingerprint density at radius 1 is 1.57 bits per heavy atom. The van der Waals surface area contributed by atoms with E-state index in [-0.39, 0.29) is 0 Å². The minimum atomic E-state index is 0.468. The van der Waals surface area contributed by atoms with Crippen LogP contribution >= 0.6 is 0 Å². The number of nitrogens with one attached hydrogen (secondary N) is 1. The summed E-state index contributed by atoms with van der Waals surface area (Å²) in [5, 5.41) is 11.3. The third-order valence-corrected chi connectivity index (χ3v) is 2.44. The van der Waals surface area contributed by atoms with Crippen LogP contribution in [0.1, 0.15) is 18.5 Å². The molecule has 0 spiro atoms. The molecule has 1 saturated carbocycles. The van der Waals surface area contributed by atoms with Crippen molar-refractivity contribution in [2.24, 2.45) is 11.7 Å². The van der Waals surface area contributed by atoms with Crippen molar-refractivity contribution in [2.45, 2.75) is 25.9 Å². The number of rotatable bonds is 6. The normalized spacial score (nSPS) is 16.1. The van der Waals surface area contributed by atoms with Crippen LogP contribution in [0.15, 0.2) is 6.20 Å². The summed E-state index contributed by atoms with van der Waals surface area (Å²) in [6.07, 6.45) is 4.69. The van der Waals surface area contributed by atoms with Crippen molar-refractivity contribution in [2.75, 3.05) is 13.1 Å². The van der Waals surface area contributed by atoms with E-state index in [4.69, 9.17) is 5.73 Å². The van der Waals surface area contributed by atoms with Gasteiger partial charge in [-0.05, 0) is 25.3 Å². The molecule has 1 aromatic rings. The molecular weight excluding hydrogens is 178 g/mol. The van der Waals surface area contributed by atoms with Gasteiger partial charge in [0.15, 0.2) is 0 Å². The van der Waals surface area contributed by atoms with Crippen molar-refractivity contribution in [3.8, 4) is 0 Å². The predicted molar refractivity (Wildman–Crippen MR) is 53.5 cm³/mol. The fourth-order valence-electron chi connectivity index (χ4n) is 1.36. The summed E-state index contributed by atoms with van der Waals surface area (Å²) in [6, 6.07) is 0. The van der Waals surface area contributed by atoms with Gasteiger partial charge in [0.05, 0.1) is 12.2 Å². The van der Waals surface area contributed by atoms with Crippen LogP contribution in [0.3, 0.4) is 0 Å². The van der Waals surface area contributed by atoms with Crippen LogP contribution in [0.4, 0.5) is 0 Å². The monoisotopic (exact) mass is 195 g/mol. The van der Waals surface area contributed by atoms with E-state index >= 15 is 0 Å². The third-order valence-electron chi connectivity index (χ3n) is 2.44. The lowest BCUT2D eigenvalue weighted by Gasteiger charge is -2.02. The quantitative estimate of drug-likeness (QED) is 0.613.